The van der Waals surface area contributed by atoms with Crippen LogP contribution in [0.1, 0.15) is 32.6 Å². The number of hydrogen-bond acceptors (Lipinski definition) is 4. The summed E-state index contributed by atoms with van der Waals surface area (Å²) in [5.74, 6) is 0.675. The summed E-state index contributed by atoms with van der Waals surface area (Å²) >= 11 is 0. The Kier molecular flexibility index (Phi) is 6.34. The number of carbonyl (C=O) groups excluding carboxylic acids is 1. The van der Waals surface area contributed by atoms with E-state index in [0.29, 0.717) is 24.8 Å². The second-order valence-electron chi connectivity index (χ2n) is 5.21. The monoisotopic (exact) mass is 292 g/mol. The van der Waals surface area contributed by atoms with Crippen molar-refractivity contribution in [2.75, 3.05) is 31.7 Å². The predicted molar refractivity (Wildman–Crippen MR) is 82.6 cm³/mol. The van der Waals surface area contributed by atoms with Crippen molar-refractivity contribution in [3.63, 3.8) is 0 Å². The van der Waals surface area contributed by atoms with Crippen molar-refractivity contribution in [1.82, 2.24) is 4.90 Å². The lowest BCUT2D eigenvalue weighted by Gasteiger charge is -2.25. The predicted octanol–water partition coefficient (Wildman–Crippen LogP) is 3.47. The van der Waals surface area contributed by atoms with Gasteiger partial charge in [0, 0.05) is 13.1 Å². The topological polar surface area (TPSA) is 50.8 Å². The van der Waals surface area contributed by atoms with E-state index in [1.807, 2.05) is 31.2 Å². The number of anilines is 1. The fourth-order valence-electron chi connectivity index (χ4n) is 2.29. The lowest BCUT2D eigenvalue weighted by Crippen LogP contribution is -2.33. The molecule has 0 unspecified atom stereocenters. The van der Waals surface area contributed by atoms with Crippen LogP contribution in [0.3, 0.4) is 0 Å². The maximum atomic E-state index is 11.9. The number of likely N-dealkylation sites (tertiary alicyclic amines) is 1. The quantitative estimate of drug-likeness (QED) is 0.872. The van der Waals surface area contributed by atoms with Gasteiger partial charge in [-0.2, -0.15) is 0 Å². The minimum absolute atomic E-state index is 0.351. The number of nitrogens with zero attached hydrogens (tertiary/aromatic N) is 1. The van der Waals surface area contributed by atoms with Gasteiger partial charge in [-0.05, 0) is 31.4 Å². The van der Waals surface area contributed by atoms with Gasteiger partial charge in [-0.3, -0.25) is 10.2 Å². The van der Waals surface area contributed by atoms with E-state index in [9.17, 15) is 4.79 Å². The molecule has 1 aliphatic rings. The number of piperidine rings is 1. The van der Waals surface area contributed by atoms with Crippen LogP contribution in [-0.2, 0) is 4.74 Å². The first-order valence-electron chi connectivity index (χ1n) is 7.67. The van der Waals surface area contributed by atoms with Gasteiger partial charge in [-0.25, -0.2) is 4.79 Å². The molecule has 0 atom stereocenters. The van der Waals surface area contributed by atoms with Crippen molar-refractivity contribution >= 4 is 11.8 Å². The third-order valence-corrected chi connectivity index (χ3v) is 3.41. The Labute approximate surface area is 126 Å². The maximum absolute atomic E-state index is 11.9. The molecular weight excluding hydrogens is 268 g/mol. The molecule has 0 aliphatic carbocycles. The van der Waals surface area contributed by atoms with E-state index < -0.39 is 6.09 Å². The van der Waals surface area contributed by atoms with Crippen LogP contribution in [0, 0.1) is 0 Å². The summed E-state index contributed by atoms with van der Waals surface area (Å²) in [7, 11) is 0. The van der Waals surface area contributed by atoms with Crippen LogP contribution in [-0.4, -0.2) is 37.4 Å². The van der Waals surface area contributed by atoms with E-state index >= 15 is 0 Å². The number of benzene rings is 1. The van der Waals surface area contributed by atoms with Crippen molar-refractivity contribution in [1.29, 1.82) is 0 Å². The Morgan fingerprint density at radius 3 is 2.76 bits per heavy atom. The van der Waals surface area contributed by atoms with Crippen molar-refractivity contribution in [2.24, 2.45) is 0 Å². The lowest BCUT2D eigenvalue weighted by molar-refractivity contribution is 0.0659. The molecule has 21 heavy (non-hydrogen) atoms. The molecule has 0 bridgehead atoms. The molecule has 1 amide bonds. The van der Waals surface area contributed by atoms with Crippen LogP contribution in [0.25, 0.3) is 0 Å². The molecule has 0 saturated carbocycles. The molecule has 0 radical (unpaired) electrons. The number of nitrogens with one attached hydrogen (secondary N) is 1. The molecule has 1 aromatic carbocycles. The molecule has 2 rings (SSSR count). The van der Waals surface area contributed by atoms with Crippen molar-refractivity contribution in [3.05, 3.63) is 24.3 Å². The van der Waals surface area contributed by atoms with Gasteiger partial charge in [-0.15, -0.1) is 0 Å². The minimum Gasteiger partial charge on any atom is -0.491 e. The summed E-state index contributed by atoms with van der Waals surface area (Å²) in [4.78, 5) is 14.0. The largest absolute Gasteiger partial charge is 0.491 e. The molecule has 1 aliphatic heterocycles. The smallest absolute Gasteiger partial charge is 0.413 e. The number of rotatable bonds is 6. The zero-order valence-corrected chi connectivity index (χ0v) is 12.6. The highest BCUT2D eigenvalue weighted by atomic mass is 16.6. The fraction of sp³-hybridized carbons (Fsp3) is 0.562. The van der Waals surface area contributed by atoms with Crippen molar-refractivity contribution < 1.29 is 14.3 Å². The molecule has 1 saturated heterocycles. The highest BCUT2D eigenvalue weighted by molar-refractivity contribution is 5.86. The molecule has 1 fully saturated rings. The van der Waals surface area contributed by atoms with E-state index in [0.717, 1.165) is 19.5 Å². The number of para-hydroxylation sites is 2. The molecule has 0 aromatic heterocycles. The summed E-state index contributed by atoms with van der Waals surface area (Å²) in [6.07, 6.45) is 4.11. The Morgan fingerprint density at radius 2 is 2.00 bits per heavy atom. The molecule has 0 spiro atoms. The number of hydrogen-bond donors (Lipinski definition) is 1. The van der Waals surface area contributed by atoms with Crippen molar-refractivity contribution in [3.8, 4) is 5.75 Å². The van der Waals surface area contributed by atoms with Crippen LogP contribution >= 0.6 is 0 Å². The molecule has 1 N–H and O–H groups in total. The van der Waals surface area contributed by atoms with E-state index in [2.05, 4.69) is 10.2 Å². The Balaban J connectivity index is 1.81. The van der Waals surface area contributed by atoms with E-state index in [1.165, 1.54) is 19.3 Å². The van der Waals surface area contributed by atoms with Gasteiger partial charge >= 0.3 is 6.09 Å². The Hall–Kier alpha value is -1.75. The van der Waals surface area contributed by atoms with Crippen LogP contribution < -0.4 is 10.1 Å². The number of ether oxygens (including phenoxy) is 2. The Bertz CT molecular complexity index is 445. The van der Waals surface area contributed by atoms with E-state index in [1.54, 1.807) is 0 Å². The first kappa shape index (κ1) is 15.6. The third kappa shape index (κ3) is 5.27. The molecule has 116 valence electrons. The number of carbonyl (C=O) groups is 1. The van der Waals surface area contributed by atoms with Gasteiger partial charge in [0.25, 0.3) is 0 Å². The van der Waals surface area contributed by atoms with Gasteiger partial charge in [0.2, 0.25) is 0 Å². The first-order valence-corrected chi connectivity index (χ1v) is 7.67. The molecule has 5 nitrogen and oxygen atoms in total. The summed E-state index contributed by atoms with van der Waals surface area (Å²) in [6.45, 7) is 5.03. The first-order chi connectivity index (χ1) is 10.3. The van der Waals surface area contributed by atoms with Crippen LogP contribution in [0.15, 0.2) is 24.3 Å². The van der Waals surface area contributed by atoms with E-state index in [-0.39, 0.29) is 0 Å². The third-order valence-electron chi connectivity index (χ3n) is 3.41. The van der Waals surface area contributed by atoms with Crippen LogP contribution in [0.2, 0.25) is 0 Å². The minimum atomic E-state index is -0.437. The van der Waals surface area contributed by atoms with Crippen LogP contribution in [0.4, 0.5) is 10.5 Å². The lowest BCUT2D eigenvalue weighted by atomic mass is 10.1. The zero-order valence-electron chi connectivity index (χ0n) is 12.6. The summed E-state index contributed by atoms with van der Waals surface area (Å²) in [5.41, 5.74) is 0.648. The average molecular weight is 292 g/mol. The van der Waals surface area contributed by atoms with Gasteiger partial charge < -0.3 is 9.47 Å². The van der Waals surface area contributed by atoms with Gasteiger partial charge in [-0.1, -0.05) is 25.5 Å². The zero-order chi connectivity index (χ0) is 14.9. The second kappa shape index (κ2) is 8.52. The summed E-state index contributed by atoms with van der Waals surface area (Å²) < 4.78 is 10.9. The average Bonchev–Trinajstić information content (AvgIpc) is 2.53. The molecule has 1 heterocycles. The maximum Gasteiger partial charge on any atom is 0.413 e. The Morgan fingerprint density at radius 1 is 1.24 bits per heavy atom. The highest BCUT2D eigenvalue weighted by Crippen LogP contribution is 2.24. The SMILES string of the molecule is CCCOc1ccccc1NC(=O)OCN1CCCCC1. The second-order valence-corrected chi connectivity index (χ2v) is 5.21. The molecule has 1 aromatic rings. The summed E-state index contributed by atoms with van der Waals surface area (Å²) in [5, 5.41) is 2.75. The van der Waals surface area contributed by atoms with Gasteiger partial charge in [0.1, 0.15) is 12.5 Å². The molecule has 5 heteroatoms. The number of amides is 1. The standard InChI is InChI=1S/C16H24N2O3/c1-2-12-20-15-9-5-4-8-14(15)17-16(19)21-13-18-10-6-3-7-11-18/h4-5,8-9H,2-3,6-7,10-13H2,1H3,(H,17,19). The van der Waals surface area contributed by atoms with Crippen molar-refractivity contribution in [2.45, 2.75) is 32.6 Å². The highest BCUT2D eigenvalue weighted by Gasteiger charge is 2.13. The molecular formula is C16H24N2O3. The van der Waals surface area contributed by atoms with E-state index in [4.69, 9.17) is 9.47 Å². The normalized spacial score (nSPS) is 15.5. The van der Waals surface area contributed by atoms with Gasteiger partial charge in [0.05, 0.1) is 12.3 Å². The van der Waals surface area contributed by atoms with Crippen LogP contribution in [0.5, 0.6) is 5.75 Å². The fourth-order valence-corrected chi connectivity index (χ4v) is 2.29. The van der Waals surface area contributed by atoms with Gasteiger partial charge in [0.15, 0.2) is 0 Å². The summed E-state index contributed by atoms with van der Waals surface area (Å²) in [6, 6.07) is 7.40.